The molecule has 1 saturated carbocycles. The number of nitrogens with one attached hydrogen (secondary N) is 2. The second-order valence-corrected chi connectivity index (χ2v) is 12.2. The van der Waals surface area contributed by atoms with Gasteiger partial charge >= 0.3 is 6.09 Å². The largest absolute Gasteiger partial charge is 0.444 e. The van der Waals surface area contributed by atoms with Gasteiger partial charge in [0, 0.05) is 6.04 Å². The van der Waals surface area contributed by atoms with Gasteiger partial charge in [-0.25, -0.2) is 4.79 Å². The van der Waals surface area contributed by atoms with Gasteiger partial charge in [-0.2, -0.15) is 0 Å². The van der Waals surface area contributed by atoms with Crippen molar-refractivity contribution in [3.05, 3.63) is 63.7 Å². The monoisotopic (exact) mass is 555 g/mol. The van der Waals surface area contributed by atoms with Crippen molar-refractivity contribution >= 4 is 35.2 Å². The van der Waals surface area contributed by atoms with E-state index in [1.807, 2.05) is 65.0 Å². The van der Waals surface area contributed by atoms with Gasteiger partial charge in [0.1, 0.15) is 17.7 Å². The van der Waals surface area contributed by atoms with Gasteiger partial charge in [0.05, 0.1) is 10.7 Å². The van der Waals surface area contributed by atoms with E-state index in [1.165, 1.54) is 0 Å². The van der Waals surface area contributed by atoms with E-state index in [4.69, 9.17) is 16.3 Å². The van der Waals surface area contributed by atoms with Crippen LogP contribution in [0.1, 0.15) is 82.2 Å². The standard InChI is InChI=1S/C31H42ClN3O4/c1-18(2)25(34-30(38)39-31(6,7)8)29(37)35(22-14-11-15-22)27(23-16-9-12-19(3)21(23)5)28(36)33-26-20(4)13-10-17-24(26)32/h9-10,12-13,16-18,22,25,27H,11,14-15H2,1-8H3,(H,33,36)(H,34,38). The number of hydrogen-bond acceptors (Lipinski definition) is 4. The van der Waals surface area contributed by atoms with Crippen molar-refractivity contribution in [1.29, 1.82) is 0 Å². The molecule has 0 bridgehead atoms. The van der Waals surface area contributed by atoms with Crippen LogP contribution in [-0.4, -0.2) is 40.5 Å². The summed E-state index contributed by atoms with van der Waals surface area (Å²) < 4.78 is 5.47. The Balaban J connectivity index is 2.09. The van der Waals surface area contributed by atoms with Crippen LogP contribution in [-0.2, 0) is 14.3 Å². The third kappa shape index (κ3) is 7.33. The van der Waals surface area contributed by atoms with E-state index in [-0.39, 0.29) is 23.8 Å². The Kier molecular flexibility index (Phi) is 9.70. The summed E-state index contributed by atoms with van der Waals surface area (Å²) in [5.74, 6) is -0.891. The first kappa shape index (κ1) is 30.5. The van der Waals surface area contributed by atoms with E-state index >= 15 is 0 Å². The van der Waals surface area contributed by atoms with Crippen molar-refractivity contribution < 1.29 is 19.1 Å². The molecule has 2 aromatic carbocycles. The molecule has 1 fully saturated rings. The lowest BCUT2D eigenvalue weighted by Crippen LogP contribution is -2.58. The van der Waals surface area contributed by atoms with Crippen LogP contribution in [0.5, 0.6) is 0 Å². The average molecular weight is 556 g/mol. The molecule has 3 rings (SSSR count). The van der Waals surface area contributed by atoms with Gasteiger partial charge in [0.15, 0.2) is 0 Å². The van der Waals surface area contributed by atoms with Crippen LogP contribution in [0.3, 0.4) is 0 Å². The highest BCUT2D eigenvalue weighted by molar-refractivity contribution is 6.34. The molecule has 2 N–H and O–H groups in total. The number of rotatable bonds is 8. The van der Waals surface area contributed by atoms with Crippen LogP contribution >= 0.6 is 11.6 Å². The van der Waals surface area contributed by atoms with Crippen molar-refractivity contribution in [2.24, 2.45) is 5.92 Å². The van der Waals surface area contributed by atoms with Crippen LogP contribution in [0, 0.1) is 26.7 Å². The minimum absolute atomic E-state index is 0.137. The van der Waals surface area contributed by atoms with Crippen LogP contribution in [0.25, 0.3) is 0 Å². The molecular formula is C31H42ClN3O4. The number of para-hydroxylation sites is 1. The first-order valence-corrected chi connectivity index (χ1v) is 14.0. The lowest BCUT2D eigenvalue weighted by molar-refractivity contribution is -0.146. The second-order valence-electron chi connectivity index (χ2n) is 11.8. The van der Waals surface area contributed by atoms with Crippen molar-refractivity contribution in [3.63, 3.8) is 0 Å². The molecule has 1 aliphatic carbocycles. The molecule has 2 atom stereocenters. The van der Waals surface area contributed by atoms with E-state index in [0.29, 0.717) is 10.7 Å². The molecule has 0 spiro atoms. The van der Waals surface area contributed by atoms with E-state index in [9.17, 15) is 14.4 Å². The molecule has 39 heavy (non-hydrogen) atoms. The number of carbonyl (C=O) groups excluding carboxylic acids is 3. The van der Waals surface area contributed by atoms with Crippen molar-refractivity contribution in [3.8, 4) is 0 Å². The third-order valence-corrected chi connectivity index (χ3v) is 7.58. The Labute approximate surface area is 237 Å². The molecule has 3 amide bonds. The molecule has 8 heteroatoms. The number of ether oxygens (including phenoxy) is 1. The van der Waals surface area contributed by atoms with Gasteiger partial charge in [-0.1, -0.05) is 55.8 Å². The summed E-state index contributed by atoms with van der Waals surface area (Å²) >= 11 is 6.47. The maximum absolute atomic E-state index is 14.4. The Hall–Kier alpha value is -3.06. The van der Waals surface area contributed by atoms with Gasteiger partial charge in [-0.15, -0.1) is 0 Å². The summed E-state index contributed by atoms with van der Waals surface area (Å²) in [4.78, 5) is 43.0. The zero-order chi connectivity index (χ0) is 29.1. The lowest BCUT2D eigenvalue weighted by Gasteiger charge is -2.44. The highest BCUT2D eigenvalue weighted by atomic mass is 35.5. The Morgan fingerprint density at radius 1 is 1.00 bits per heavy atom. The van der Waals surface area contributed by atoms with E-state index in [0.717, 1.165) is 41.5 Å². The molecule has 1 aliphatic rings. The quantitative estimate of drug-likeness (QED) is 0.372. The average Bonchev–Trinajstić information content (AvgIpc) is 2.79. The topological polar surface area (TPSA) is 87.7 Å². The number of benzene rings is 2. The molecule has 7 nitrogen and oxygen atoms in total. The number of aryl methyl sites for hydroxylation is 2. The zero-order valence-electron chi connectivity index (χ0n) is 24.4. The molecule has 212 valence electrons. The minimum Gasteiger partial charge on any atom is -0.444 e. The van der Waals surface area contributed by atoms with Gasteiger partial charge in [0.2, 0.25) is 5.91 Å². The summed E-state index contributed by atoms with van der Waals surface area (Å²) in [6.07, 6.45) is 1.86. The second kappa shape index (κ2) is 12.4. The number of nitrogens with zero attached hydrogens (tertiary/aromatic N) is 1. The van der Waals surface area contributed by atoms with E-state index < -0.39 is 23.8 Å². The SMILES string of the molecule is Cc1cccc(C(C(=O)Nc2c(C)cccc2Cl)N(C(=O)C(NC(=O)OC(C)(C)C)C(C)C)C2CCC2)c1C. The predicted octanol–water partition coefficient (Wildman–Crippen LogP) is 6.88. The Morgan fingerprint density at radius 3 is 2.15 bits per heavy atom. The number of halogens is 1. The van der Waals surface area contributed by atoms with Crippen LogP contribution in [0.15, 0.2) is 36.4 Å². The molecule has 0 aliphatic heterocycles. The highest BCUT2D eigenvalue weighted by Crippen LogP contribution is 2.37. The third-order valence-electron chi connectivity index (χ3n) is 7.27. The van der Waals surface area contributed by atoms with Crippen LogP contribution in [0.4, 0.5) is 10.5 Å². The highest BCUT2D eigenvalue weighted by Gasteiger charge is 2.43. The molecule has 2 unspecified atom stereocenters. The first-order chi connectivity index (χ1) is 18.2. The number of amides is 3. The van der Waals surface area contributed by atoms with Crippen molar-refractivity contribution in [2.75, 3.05) is 5.32 Å². The minimum atomic E-state index is -0.917. The fourth-order valence-corrected chi connectivity index (χ4v) is 5.03. The van der Waals surface area contributed by atoms with Gasteiger partial charge < -0.3 is 20.3 Å². The summed E-state index contributed by atoms with van der Waals surface area (Å²) in [7, 11) is 0. The predicted molar refractivity (Wildman–Crippen MR) is 156 cm³/mol. The normalized spacial score (nSPS) is 15.2. The molecular weight excluding hydrogens is 514 g/mol. The molecule has 0 aromatic heterocycles. The van der Waals surface area contributed by atoms with Gasteiger partial charge in [-0.3, -0.25) is 9.59 Å². The summed E-state index contributed by atoms with van der Waals surface area (Å²) in [5.41, 5.74) is 3.34. The molecule has 0 heterocycles. The fourth-order valence-electron chi connectivity index (χ4n) is 4.76. The molecule has 0 radical (unpaired) electrons. The lowest BCUT2D eigenvalue weighted by atomic mass is 9.86. The maximum atomic E-state index is 14.4. The van der Waals surface area contributed by atoms with E-state index in [1.54, 1.807) is 31.7 Å². The van der Waals surface area contributed by atoms with Gasteiger partial charge in [-0.05, 0) is 95.0 Å². The van der Waals surface area contributed by atoms with Crippen LogP contribution < -0.4 is 10.6 Å². The fraction of sp³-hybridized carbons (Fsp3) is 0.516. The van der Waals surface area contributed by atoms with Crippen molar-refractivity contribution in [2.45, 2.75) is 98.4 Å². The van der Waals surface area contributed by atoms with Crippen LogP contribution in [0.2, 0.25) is 5.02 Å². The number of carbonyl (C=O) groups is 3. The van der Waals surface area contributed by atoms with Gasteiger partial charge in [0.25, 0.3) is 5.91 Å². The van der Waals surface area contributed by atoms with Crippen molar-refractivity contribution in [1.82, 2.24) is 10.2 Å². The zero-order valence-corrected chi connectivity index (χ0v) is 25.1. The Bertz CT molecular complexity index is 1200. The first-order valence-electron chi connectivity index (χ1n) is 13.6. The summed E-state index contributed by atoms with van der Waals surface area (Å²) in [5, 5.41) is 6.24. The maximum Gasteiger partial charge on any atom is 0.408 e. The molecule has 2 aromatic rings. The number of hydrogen-bond donors (Lipinski definition) is 2. The van der Waals surface area contributed by atoms with E-state index in [2.05, 4.69) is 10.6 Å². The number of alkyl carbamates (subject to hydrolysis) is 1. The Morgan fingerprint density at radius 2 is 1.62 bits per heavy atom. The summed E-state index contributed by atoms with van der Waals surface area (Å²) in [6.45, 7) is 14.9. The molecule has 0 saturated heterocycles. The number of anilines is 1. The summed E-state index contributed by atoms with van der Waals surface area (Å²) in [6, 6.07) is 9.30. The smallest absolute Gasteiger partial charge is 0.408 e.